The Hall–Kier alpha value is -2.37. The molecule has 0 fully saturated rings. The van der Waals surface area contributed by atoms with Gasteiger partial charge in [-0.3, -0.25) is 14.4 Å². The summed E-state index contributed by atoms with van der Waals surface area (Å²) in [7, 11) is 0. The average molecular weight is 321 g/mol. The Morgan fingerprint density at radius 3 is 1.78 bits per heavy atom. The van der Waals surface area contributed by atoms with Crippen molar-refractivity contribution >= 4 is 17.8 Å². The van der Waals surface area contributed by atoms with Gasteiger partial charge in [0.05, 0.1) is 26.1 Å². The minimum Gasteiger partial charge on any atom is -0.466 e. The maximum Gasteiger partial charge on any atom is 0.307 e. The number of carbonyl (C=O) groups excluding carboxylic acids is 3. The van der Waals surface area contributed by atoms with Crippen LogP contribution in [0.25, 0.3) is 0 Å². The topological polar surface area (TPSA) is 72.9 Å². The number of carbonyl (C=O) groups is 3. The van der Waals surface area contributed by atoms with Crippen LogP contribution >= 0.6 is 0 Å². The molecule has 1 amide bonds. The first-order valence-electron chi connectivity index (χ1n) is 7.74. The van der Waals surface area contributed by atoms with Crippen LogP contribution in [0.1, 0.15) is 37.0 Å². The lowest BCUT2D eigenvalue weighted by molar-refractivity contribution is -0.143. The third-order valence-electron chi connectivity index (χ3n) is 3.09. The predicted molar refractivity (Wildman–Crippen MR) is 84.8 cm³/mol. The van der Waals surface area contributed by atoms with Crippen molar-refractivity contribution in [1.82, 2.24) is 4.90 Å². The van der Waals surface area contributed by atoms with E-state index in [-0.39, 0.29) is 43.8 Å². The quantitative estimate of drug-likeness (QED) is 0.651. The predicted octanol–water partition coefficient (Wildman–Crippen LogP) is 2.04. The summed E-state index contributed by atoms with van der Waals surface area (Å²) in [5.41, 5.74) is 0.514. The van der Waals surface area contributed by atoms with Gasteiger partial charge in [0, 0.05) is 18.7 Å². The Labute approximate surface area is 136 Å². The van der Waals surface area contributed by atoms with Gasteiger partial charge in [-0.2, -0.15) is 0 Å². The first-order chi connectivity index (χ1) is 11.1. The van der Waals surface area contributed by atoms with Crippen LogP contribution < -0.4 is 0 Å². The molecule has 0 aromatic heterocycles. The molecule has 0 atom stereocenters. The van der Waals surface area contributed by atoms with Gasteiger partial charge >= 0.3 is 11.9 Å². The summed E-state index contributed by atoms with van der Waals surface area (Å²) in [4.78, 5) is 37.0. The molecular weight excluding hydrogens is 298 g/mol. The second-order valence-electron chi connectivity index (χ2n) is 4.77. The molecule has 1 aromatic rings. The van der Waals surface area contributed by atoms with Gasteiger partial charge in [-0.25, -0.2) is 0 Å². The lowest BCUT2D eigenvalue weighted by Gasteiger charge is -2.22. The molecule has 0 saturated heterocycles. The Bertz CT molecular complexity index is 493. The maximum absolute atomic E-state index is 12.5. The molecule has 0 unspecified atom stereocenters. The number of benzene rings is 1. The van der Waals surface area contributed by atoms with Crippen molar-refractivity contribution in [3.05, 3.63) is 35.9 Å². The lowest BCUT2D eigenvalue weighted by Crippen LogP contribution is -2.35. The zero-order chi connectivity index (χ0) is 17.1. The third-order valence-corrected chi connectivity index (χ3v) is 3.09. The highest BCUT2D eigenvalue weighted by Gasteiger charge is 2.18. The Morgan fingerprint density at radius 2 is 1.35 bits per heavy atom. The van der Waals surface area contributed by atoms with E-state index >= 15 is 0 Å². The summed E-state index contributed by atoms with van der Waals surface area (Å²) < 4.78 is 9.75. The molecule has 23 heavy (non-hydrogen) atoms. The van der Waals surface area contributed by atoms with Gasteiger partial charge in [-0.05, 0) is 26.0 Å². The molecule has 6 heteroatoms. The highest BCUT2D eigenvalue weighted by Crippen LogP contribution is 2.07. The zero-order valence-corrected chi connectivity index (χ0v) is 13.6. The molecule has 0 bridgehead atoms. The van der Waals surface area contributed by atoms with Crippen LogP contribution in [0.4, 0.5) is 0 Å². The van der Waals surface area contributed by atoms with Crippen LogP contribution in [-0.2, 0) is 19.1 Å². The van der Waals surface area contributed by atoms with E-state index in [2.05, 4.69) is 0 Å². The van der Waals surface area contributed by atoms with Gasteiger partial charge in [-0.15, -0.1) is 0 Å². The lowest BCUT2D eigenvalue weighted by atomic mass is 10.2. The molecule has 0 aliphatic rings. The normalized spacial score (nSPS) is 10.0. The largest absolute Gasteiger partial charge is 0.466 e. The Balaban J connectivity index is 2.69. The van der Waals surface area contributed by atoms with Crippen LogP contribution in [0.5, 0.6) is 0 Å². The van der Waals surface area contributed by atoms with Gasteiger partial charge in [0.2, 0.25) is 0 Å². The second kappa shape index (κ2) is 10.4. The molecular formula is C17H23NO5. The summed E-state index contributed by atoms with van der Waals surface area (Å²) in [6.07, 6.45) is 0.185. The minimum atomic E-state index is -0.366. The average Bonchev–Trinajstić information content (AvgIpc) is 2.55. The molecule has 6 nitrogen and oxygen atoms in total. The molecule has 0 N–H and O–H groups in total. The van der Waals surface area contributed by atoms with E-state index in [0.29, 0.717) is 18.8 Å². The number of hydrogen-bond acceptors (Lipinski definition) is 5. The Morgan fingerprint density at radius 1 is 0.870 bits per heavy atom. The van der Waals surface area contributed by atoms with Crippen LogP contribution in [0, 0.1) is 0 Å². The van der Waals surface area contributed by atoms with Crippen molar-refractivity contribution < 1.29 is 23.9 Å². The molecule has 0 spiro atoms. The van der Waals surface area contributed by atoms with E-state index in [1.54, 1.807) is 38.1 Å². The van der Waals surface area contributed by atoms with Gasteiger partial charge in [0.25, 0.3) is 5.91 Å². The van der Waals surface area contributed by atoms with Crippen LogP contribution in [0.3, 0.4) is 0 Å². The van der Waals surface area contributed by atoms with E-state index in [1.807, 2.05) is 6.07 Å². The molecule has 0 heterocycles. The highest BCUT2D eigenvalue weighted by molar-refractivity contribution is 5.94. The van der Waals surface area contributed by atoms with E-state index in [4.69, 9.17) is 9.47 Å². The van der Waals surface area contributed by atoms with Crippen molar-refractivity contribution in [3.8, 4) is 0 Å². The maximum atomic E-state index is 12.5. The van der Waals surface area contributed by atoms with Crippen molar-refractivity contribution in [2.24, 2.45) is 0 Å². The van der Waals surface area contributed by atoms with Gasteiger partial charge in [0.1, 0.15) is 0 Å². The number of hydrogen-bond donors (Lipinski definition) is 0. The fourth-order valence-electron chi connectivity index (χ4n) is 2.00. The van der Waals surface area contributed by atoms with Crippen LogP contribution in [0.2, 0.25) is 0 Å². The molecule has 0 aliphatic heterocycles. The van der Waals surface area contributed by atoms with Crippen molar-refractivity contribution in [3.63, 3.8) is 0 Å². The summed E-state index contributed by atoms with van der Waals surface area (Å²) in [5, 5.41) is 0. The molecule has 0 radical (unpaired) electrons. The van der Waals surface area contributed by atoms with E-state index in [9.17, 15) is 14.4 Å². The number of ether oxygens (including phenoxy) is 2. The van der Waals surface area contributed by atoms with Gasteiger partial charge in [-0.1, -0.05) is 18.2 Å². The van der Waals surface area contributed by atoms with Crippen molar-refractivity contribution in [2.75, 3.05) is 26.3 Å². The summed E-state index contributed by atoms with van der Waals surface area (Å²) in [6.45, 7) is 4.46. The second-order valence-corrected chi connectivity index (χ2v) is 4.77. The number of esters is 2. The van der Waals surface area contributed by atoms with Crippen LogP contribution in [0.15, 0.2) is 30.3 Å². The standard InChI is InChI=1S/C17H23NO5/c1-3-22-15(19)10-12-18(13-11-16(20)23-4-2)17(21)14-8-6-5-7-9-14/h5-9H,3-4,10-13H2,1-2H3. The van der Waals surface area contributed by atoms with E-state index in [1.165, 1.54) is 4.90 Å². The number of nitrogens with zero attached hydrogens (tertiary/aromatic N) is 1. The summed E-state index contributed by atoms with van der Waals surface area (Å²) in [6, 6.07) is 8.75. The smallest absolute Gasteiger partial charge is 0.307 e. The molecule has 0 saturated carbocycles. The van der Waals surface area contributed by atoms with E-state index < -0.39 is 0 Å². The fraction of sp³-hybridized carbons (Fsp3) is 0.471. The molecule has 1 aromatic carbocycles. The SMILES string of the molecule is CCOC(=O)CCN(CCC(=O)OCC)C(=O)c1ccccc1. The number of amides is 1. The highest BCUT2D eigenvalue weighted by atomic mass is 16.5. The third kappa shape index (κ3) is 6.95. The monoisotopic (exact) mass is 321 g/mol. The van der Waals surface area contributed by atoms with Crippen LogP contribution in [-0.4, -0.2) is 49.0 Å². The summed E-state index contributed by atoms with van der Waals surface area (Å²) >= 11 is 0. The number of rotatable bonds is 9. The van der Waals surface area contributed by atoms with Crippen molar-refractivity contribution in [2.45, 2.75) is 26.7 Å². The Kier molecular flexibility index (Phi) is 8.42. The van der Waals surface area contributed by atoms with Gasteiger partial charge in [0.15, 0.2) is 0 Å². The van der Waals surface area contributed by atoms with Crippen molar-refractivity contribution in [1.29, 1.82) is 0 Å². The first-order valence-corrected chi connectivity index (χ1v) is 7.74. The zero-order valence-electron chi connectivity index (χ0n) is 13.6. The van der Waals surface area contributed by atoms with Gasteiger partial charge < -0.3 is 14.4 Å². The molecule has 0 aliphatic carbocycles. The molecule has 1 rings (SSSR count). The first kappa shape index (κ1) is 18.7. The molecule has 126 valence electrons. The fourth-order valence-corrected chi connectivity index (χ4v) is 2.00. The minimum absolute atomic E-state index is 0.0925. The summed E-state index contributed by atoms with van der Waals surface area (Å²) in [5.74, 6) is -0.955. The van der Waals surface area contributed by atoms with E-state index in [0.717, 1.165) is 0 Å².